The first kappa shape index (κ1) is 15.1. The van der Waals surface area contributed by atoms with Crippen LogP contribution in [0.25, 0.3) is 0 Å². The van der Waals surface area contributed by atoms with Crippen LogP contribution in [0.2, 0.25) is 0 Å². The third-order valence-corrected chi connectivity index (χ3v) is 4.18. The van der Waals surface area contributed by atoms with Gasteiger partial charge in [-0.1, -0.05) is 6.42 Å². The van der Waals surface area contributed by atoms with Crippen LogP contribution in [0.15, 0.2) is 0 Å². The summed E-state index contributed by atoms with van der Waals surface area (Å²) in [6, 6.07) is 0.490. The van der Waals surface area contributed by atoms with Crippen molar-refractivity contribution in [2.75, 3.05) is 19.8 Å². The average molecular weight is 281 g/mol. The van der Waals surface area contributed by atoms with Crippen molar-refractivity contribution in [3.05, 3.63) is 0 Å². The molecule has 0 spiro atoms. The summed E-state index contributed by atoms with van der Waals surface area (Å²) in [6.45, 7) is -1.01. The van der Waals surface area contributed by atoms with Gasteiger partial charge in [0.1, 0.15) is 6.61 Å². The summed E-state index contributed by atoms with van der Waals surface area (Å²) in [4.78, 5) is 0. The molecular formula is C13H22F3NO2. The van der Waals surface area contributed by atoms with E-state index in [0.29, 0.717) is 12.5 Å². The molecule has 2 saturated carbocycles. The molecular weight excluding hydrogens is 259 g/mol. The third-order valence-electron chi connectivity index (χ3n) is 4.18. The Morgan fingerprint density at radius 2 is 2.00 bits per heavy atom. The van der Waals surface area contributed by atoms with E-state index in [9.17, 15) is 18.3 Å². The molecule has 2 aliphatic carbocycles. The fraction of sp³-hybridized carbons (Fsp3) is 1.00. The van der Waals surface area contributed by atoms with E-state index in [1.807, 2.05) is 0 Å². The minimum Gasteiger partial charge on any atom is -0.394 e. The summed E-state index contributed by atoms with van der Waals surface area (Å²) in [7, 11) is 0. The highest BCUT2D eigenvalue weighted by Gasteiger charge is 2.44. The van der Waals surface area contributed by atoms with Crippen LogP contribution in [0, 0.1) is 5.92 Å². The van der Waals surface area contributed by atoms with Gasteiger partial charge in [0.2, 0.25) is 0 Å². The van der Waals surface area contributed by atoms with Crippen LogP contribution in [0.5, 0.6) is 0 Å². The Bertz CT molecular complexity index is 294. The number of hydrogen-bond acceptors (Lipinski definition) is 3. The van der Waals surface area contributed by atoms with Crippen molar-refractivity contribution in [3.63, 3.8) is 0 Å². The second-order valence-electron chi connectivity index (χ2n) is 5.78. The Balaban J connectivity index is 1.77. The zero-order chi connectivity index (χ0) is 13.9. The molecule has 0 saturated heterocycles. The maximum absolute atomic E-state index is 12.0. The van der Waals surface area contributed by atoms with Gasteiger partial charge < -0.3 is 15.2 Å². The maximum Gasteiger partial charge on any atom is 0.411 e. The van der Waals surface area contributed by atoms with Crippen LogP contribution >= 0.6 is 0 Å². The van der Waals surface area contributed by atoms with Gasteiger partial charge in [-0.05, 0) is 38.0 Å². The molecule has 2 N–H and O–H groups in total. The molecule has 2 unspecified atom stereocenters. The molecule has 19 heavy (non-hydrogen) atoms. The van der Waals surface area contributed by atoms with Gasteiger partial charge in [0.15, 0.2) is 0 Å². The van der Waals surface area contributed by atoms with Crippen LogP contribution in [0.3, 0.4) is 0 Å². The summed E-state index contributed by atoms with van der Waals surface area (Å²) in [5.74, 6) is 0.214. The smallest absolute Gasteiger partial charge is 0.394 e. The lowest BCUT2D eigenvalue weighted by Gasteiger charge is -2.35. The lowest BCUT2D eigenvalue weighted by molar-refractivity contribution is -0.174. The fourth-order valence-electron chi connectivity index (χ4n) is 3.06. The first-order valence-corrected chi connectivity index (χ1v) is 6.98. The molecule has 0 bridgehead atoms. The molecule has 2 fully saturated rings. The maximum atomic E-state index is 12.0. The van der Waals surface area contributed by atoms with Crippen molar-refractivity contribution in [3.8, 4) is 0 Å². The third kappa shape index (κ3) is 4.33. The van der Waals surface area contributed by atoms with E-state index in [2.05, 4.69) is 10.1 Å². The van der Waals surface area contributed by atoms with E-state index >= 15 is 0 Å². The second kappa shape index (κ2) is 5.97. The Hall–Kier alpha value is -0.330. The van der Waals surface area contributed by atoms with Gasteiger partial charge in [-0.3, -0.25) is 0 Å². The van der Waals surface area contributed by atoms with Gasteiger partial charge >= 0.3 is 6.18 Å². The highest BCUT2D eigenvalue weighted by molar-refractivity contribution is 5.02. The Morgan fingerprint density at radius 1 is 1.26 bits per heavy atom. The van der Waals surface area contributed by atoms with E-state index in [1.165, 1.54) is 0 Å². The van der Waals surface area contributed by atoms with Gasteiger partial charge in [0.05, 0.1) is 6.61 Å². The number of hydrogen-bond donors (Lipinski definition) is 2. The monoisotopic (exact) mass is 281 g/mol. The molecule has 0 aromatic carbocycles. The zero-order valence-electron chi connectivity index (χ0n) is 11.0. The summed E-state index contributed by atoms with van der Waals surface area (Å²) in [5.41, 5.74) is -0.289. The zero-order valence-corrected chi connectivity index (χ0v) is 11.0. The van der Waals surface area contributed by atoms with Gasteiger partial charge in [-0.25, -0.2) is 0 Å². The summed E-state index contributed by atoms with van der Waals surface area (Å²) in [6.07, 6.45) is 1.48. The normalized spacial score (nSPS) is 31.9. The minimum atomic E-state index is -4.25. The molecule has 2 atom stereocenters. The molecule has 112 valence electrons. The first-order valence-electron chi connectivity index (χ1n) is 6.98. The minimum absolute atomic E-state index is 0.0629. The van der Waals surface area contributed by atoms with Crippen LogP contribution in [-0.4, -0.2) is 42.7 Å². The van der Waals surface area contributed by atoms with E-state index in [1.54, 1.807) is 0 Å². The summed E-state index contributed by atoms with van der Waals surface area (Å²) in [5, 5.41) is 13.2. The van der Waals surface area contributed by atoms with Crippen LogP contribution < -0.4 is 5.32 Å². The number of nitrogens with one attached hydrogen (secondary N) is 1. The van der Waals surface area contributed by atoms with Crippen molar-refractivity contribution >= 4 is 0 Å². The molecule has 0 radical (unpaired) electrons. The summed E-state index contributed by atoms with van der Waals surface area (Å²) < 4.78 is 40.6. The highest BCUT2D eigenvalue weighted by atomic mass is 19.4. The number of alkyl halides is 3. The van der Waals surface area contributed by atoms with Crippen molar-refractivity contribution < 1.29 is 23.0 Å². The number of ether oxygens (including phenoxy) is 1. The van der Waals surface area contributed by atoms with Crippen LogP contribution in [0.1, 0.15) is 38.5 Å². The predicted octanol–water partition coefficient (Wildman–Crippen LogP) is 2.24. The van der Waals surface area contributed by atoms with Gasteiger partial charge in [0, 0.05) is 18.2 Å². The second-order valence-corrected chi connectivity index (χ2v) is 5.78. The Kier molecular flexibility index (Phi) is 4.74. The first-order chi connectivity index (χ1) is 8.95. The number of rotatable bonds is 7. The predicted molar refractivity (Wildman–Crippen MR) is 64.8 cm³/mol. The molecule has 0 aromatic heterocycles. The van der Waals surface area contributed by atoms with E-state index < -0.39 is 12.8 Å². The molecule has 0 heterocycles. The summed E-state index contributed by atoms with van der Waals surface area (Å²) >= 11 is 0. The molecule has 2 rings (SSSR count). The molecule has 3 nitrogen and oxygen atoms in total. The fourth-order valence-corrected chi connectivity index (χ4v) is 3.06. The quantitative estimate of drug-likeness (QED) is 0.703. The van der Waals surface area contributed by atoms with Crippen molar-refractivity contribution in [1.82, 2.24) is 5.32 Å². The van der Waals surface area contributed by atoms with E-state index in [4.69, 9.17) is 0 Å². The molecule has 2 aliphatic rings. The number of aliphatic hydroxyl groups is 1. The van der Waals surface area contributed by atoms with Crippen LogP contribution in [-0.2, 0) is 4.74 Å². The van der Waals surface area contributed by atoms with Gasteiger partial charge in [-0.2, -0.15) is 13.2 Å². The van der Waals surface area contributed by atoms with Crippen molar-refractivity contribution in [2.24, 2.45) is 5.92 Å². The van der Waals surface area contributed by atoms with Gasteiger partial charge in [0.25, 0.3) is 0 Å². The topological polar surface area (TPSA) is 41.5 Å². The molecule has 0 aromatic rings. The van der Waals surface area contributed by atoms with E-state index in [-0.39, 0.29) is 24.7 Å². The molecule has 0 amide bonds. The largest absolute Gasteiger partial charge is 0.411 e. The van der Waals surface area contributed by atoms with E-state index in [0.717, 1.165) is 32.1 Å². The number of aliphatic hydroxyl groups excluding tert-OH is 1. The SMILES string of the molecule is OCC1(NC2CC2)CCCC1CCOCC(F)(F)F. The lowest BCUT2D eigenvalue weighted by atomic mass is 9.85. The van der Waals surface area contributed by atoms with Crippen molar-refractivity contribution in [1.29, 1.82) is 0 Å². The number of halogens is 3. The van der Waals surface area contributed by atoms with Gasteiger partial charge in [-0.15, -0.1) is 0 Å². The average Bonchev–Trinajstić information content (AvgIpc) is 3.04. The Morgan fingerprint density at radius 3 is 2.58 bits per heavy atom. The molecule has 0 aliphatic heterocycles. The van der Waals surface area contributed by atoms with Crippen molar-refractivity contribution in [2.45, 2.75) is 56.3 Å². The highest BCUT2D eigenvalue weighted by Crippen LogP contribution is 2.40. The Labute approximate surface area is 111 Å². The molecule has 6 heteroatoms. The lowest BCUT2D eigenvalue weighted by Crippen LogP contribution is -2.52. The van der Waals surface area contributed by atoms with Crippen LogP contribution in [0.4, 0.5) is 13.2 Å². The standard InChI is InChI=1S/C13H22F3NO2/c14-13(15,16)9-19-7-5-10-2-1-6-12(10,8-18)17-11-3-4-11/h10-11,17-18H,1-9H2.